The standard InChI is InChI=1S/C21H17F2N5O/c1-3-11-4-13(11)21(29)28-18-6-12-5-17(27-20(24)16(12)9-26-18)14-7-25-8-15(10(14)2)19(22)23/h1,5-9,11,13,19H,4H2,2H3,(H2,24,27)(H,26,28,29). The normalized spacial score (nSPS) is 17.9. The van der Waals surface area contributed by atoms with Gasteiger partial charge in [-0.1, -0.05) is 0 Å². The van der Waals surface area contributed by atoms with Gasteiger partial charge in [-0.25, -0.2) is 18.7 Å². The van der Waals surface area contributed by atoms with E-state index >= 15 is 0 Å². The second kappa shape index (κ2) is 7.09. The Morgan fingerprint density at radius 1 is 1.34 bits per heavy atom. The number of hydrogen-bond donors (Lipinski definition) is 2. The Kier molecular flexibility index (Phi) is 4.59. The molecule has 2 unspecified atom stereocenters. The number of carbonyl (C=O) groups excluding carboxylic acids is 1. The van der Waals surface area contributed by atoms with Crippen LogP contribution in [0.4, 0.5) is 20.4 Å². The van der Waals surface area contributed by atoms with Gasteiger partial charge < -0.3 is 11.1 Å². The number of carbonyl (C=O) groups is 1. The van der Waals surface area contributed by atoms with E-state index in [1.165, 1.54) is 12.4 Å². The van der Waals surface area contributed by atoms with Gasteiger partial charge >= 0.3 is 0 Å². The zero-order chi connectivity index (χ0) is 20.7. The van der Waals surface area contributed by atoms with Gasteiger partial charge in [-0.3, -0.25) is 9.78 Å². The Morgan fingerprint density at radius 3 is 2.83 bits per heavy atom. The molecule has 1 saturated carbocycles. The number of nitrogens with one attached hydrogen (secondary N) is 1. The molecular weight excluding hydrogens is 376 g/mol. The van der Waals surface area contributed by atoms with E-state index in [9.17, 15) is 13.6 Å². The minimum Gasteiger partial charge on any atom is -0.383 e. The first kappa shape index (κ1) is 18.7. The molecule has 0 spiro atoms. The number of anilines is 2. The highest BCUT2D eigenvalue weighted by Gasteiger charge is 2.41. The third-order valence-corrected chi connectivity index (χ3v) is 5.10. The molecule has 3 heterocycles. The molecule has 1 fully saturated rings. The molecule has 6 nitrogen and oxygen atoms in total. The molecule has 0 radical (unpaired) electrons. The highest BCUT2D eigenvalue weighted by atomic mass is 19.3. The van der Waals surface area contributed by atoms with Crippen molar-refractivity contribution in [2.75, 3.05) is 11.1 Å². The van der Waals surface area contributed by atoms with E-state index in [0.29, 0.717) is 39.8 Å². The smallest absolute Gasteiger partial charge is 0.265 e. The van der Waals surface area contributed by atoms with E-state index in [4.69, 9.17) is 12.2 Å². The second-order valence-corrected chi connectivity index (χ2v) is 6.99. The molecule has 1 amide bonds. The predicted octanol–water partition coefficient (Wildman–Crippen LogP) is 3.73. The third kappa shape index (κ3) is 3.47. The van der Waals surface area contributed by atoms with Crippen molar-refractivity contribution in [3.8, 4) is 23.6 Å². The van der Waals surface area contributed by atoms with Crippen molar-refractivity contribution in [3.63, 3.8) is 0 Å². The van der Waals surface area contributed by atoms with Crippen molar-refractivity contribution in [2.24, 2.45) is 11.8 Å². The van der Waals surface area contributed by atoms with Crippen LogP contribution in [0.5, 0.6) is 0 Å². The number of hydrogen-bond acceptors (Lipinski definition) is 5. The van der Waals surface area contributed by atoms with Crippen molar-refractivity contribution in [1.82, 2.24) is 15.0 Å². The lowest BCUT2D eigenvalue weighted by molar-refractivity contribution is -0.117. The molecule has 146 valence electrons. The topological polar surface area (TPSA) is 93.8 Å². The summed E-state index contributed by atoms with van der Waals surface area (Å²) in [7, 11) is 0. The predicted molar refractivity (Wildman–Crippen MR) is 106 cm³/mol. The first-order valence-corrected chi connectivity index (χ1v) is 8.95. The van der Waals surface area contributed by atoms with Crippen LogP contribution in [0.2, 0.25) is 0 Å². The van der Waals surface area contributed by atoms with Crippen molar-refractivity contribution < 1.29 is 13.6 Å². The summed E-state index contributed by atoms with van der Waals surface area (Å²) in [5, 5.41) is 4.02. The Hall–Kier alpha value is -3.60. The Balaban J connectivity index is 1.72. The second-order valence-electron chi connectivity index (χ2n) is 6.99. The maximum Gasteiger partial charge on any atom is 0.265 e. The molecule has 3 N–H and O–H groups in total. The number of aromatic nitrogens is 3. The van der Waals surface area contributed by atoms with E-state index in [0.717, 1.165) is 6.20 Å². The Bertz CT molecular complexity index is 1170. The molecule has 3 aromatic rings. The van der Waals surface area contributed by atoms with E-state index < -0.39 is 6.43 Å². The lowest BCUT2D eigenvalue weighted by Crippen LogP contribution is -2.15. The molecule has 8 heteroatoms. The number of terminal acetylenes is 1. The van der Waals surface area contributed by atoms with E-state index in [2.05, 4.69) is 26.2 Å². The van der Waals surface area contributed by atoms with Gasteiger partial charge in [0.15, 0.2) is 0 Å². The number of nitrogens with zero attached hydrogens (tertiary/aromatic N) is 3. The molecule has 2 atom stereocenters. The zero-order valence-electron chi connectivity index (χ0n) is 15.5. The van der Waals surface area contributed by atoms with Crippen molar-refractivity contribution in [3.05, 3.63) is 41.9 Å². The van der Waals surface area contributed by atoms with Gasteiger partial charge in [0.2, 0.25) is 5.91 Å². The fraction of sp³-hybridized carbons (Fsp3) is 0.238. The largest absolute Gasteiger partial charge is 0.383 e. The van der Waals surface area contributed by atoms with Gasteiger partial charge in [0.25, 0.3) is 6.43 Å². The van der Waals surface area contributed by atoms with Crippen molar-refractivity contribution in [1.29, 1.82) is 0 Å². The number of halogens is 2. The molecule has 29 heavy (non-hydrogen) atoms. The number of nitrogens with two attached hydrogens (primary N) is 1. The minimum atomic E-state index is -2.64. The molecule has 0 saturated heterocycles. The quantitative estimate of drug-likeness (QED) is 0.659. The van der Waals surface area contributed by atoms with Gasteiger partial charge in [0.05, 0.1) is 11.6 Å². The Morgan fingerprint density at radius 2 is 2.14 bits per heavy atom. The lowest BCUT2D eigenvalue weighted by atomic mass is 10.0. The molecular formula is C21H17F2N5O. The van der Waals surface area contributed by atoms with Gasteiger partial charge in [0, 0.05) is 41.0 Å². The lowest BCUT2D eigenvalue weighted by Gasteiger charge is -2.12. The number of nitrogen functional groups attached to an aromatic ring is 1. The summed E-state index contributed by atoms with van der Waals surface area (Å²) >= 11 is 0. The summed E-state index contributed by atoms with van der Waals surface area (Å²) in [4.78, 5) is 24.7. The maximum absolute atomic E-state index is 13.2. The van der Waals surface area contributed by atoms with Gasteiger partial charge in [-0.05, 0) is 36.4 Å². The van der Waals surface area contributed by atoms with Crippen LogP contribution in [0.1, 0.15) is 24.0 Å². The zero-order valence-corrected chi connectivity index (χ0v) is 15.5. The first-order valence-electron chi connectivity index (χ1n) is 8.95. The van der Waals surface area contributed by atoms with Crippen LogP contribution < -0.4 is 11.1 Å². The molecule has 1 aliphatic carbocycles. The van der Waals surface area contributed by atoms with Crippen LogP contribution in [0, 0.1) is 31.1 Å². The number of rotatable bonds is 4. The maximum atomic E-state index is 13.2. The number of fused-ring (bicyclic) bond motifs is 1. The number of alkyl halides is 2. The number of amides is 1. The molecule has 1 aliphatic rings. The molecule has 3 aromatic heterocycles. The van der Waals surface area contributed by atoms with Crippen LogP contribution in [-0.2, 0) is 4.79 Å². The third-order valence-electron chi connectivity index (χ3n) is 5.10. The summed E-state index contributed by atoms with van der Waals surface area (Å²) in [6.45, 7) is 1.59. The summed E-state index contributed by atoms with van der Waals surface area (Å²) < 4.78 is 26.4. The fourth-order valence-corrected chi connectivity index (χ4v) is 3.29. The molecule has 0 aromatic carbocycles. The van der Waals surface area contributed by atoms with Gasteiger partial charge in [-0.2, -0.15) is 0 Å². The average Bonchev–Trinajstić information content (AvgIpc) is 3.47. The highest BCUT2D eigenvalue weighted by Crippen LogP contribution is 2.38. The SMILES string of the molecule is C#CC1CC1C(=O)Nc1cc2cc(-c3cncc(C(F)F)c3C)nc(N)c2cn1. The monoisotopic (exact) mass is 393 g/mol. The highest BCUT2D eigenvalue weighted by molar-refractivity contribution is 5.98. The fourth-order valence-electron chi connectivity index (χ4n) is 3.29. The molecule has 0 aliphatic heterocycles. The summed E-state index contributed by atoms with van der Waals surface area (Å²) in [6, 6.07) is 3.38. The summed E-state index contributed by atoms with van der Waals surface area (Å²) in [5.41, 5.74) is 7.17. The average molecular weight is 393 g/mol. The van der Waals surface area contributed by atoms with E-state index in [1.807, 2.05) is 0 Å². The van der Waals surface area contributed by atoms with Crippen LogP contribution in [0.3, 0.4) is 0 Å². The van der Waals surface area contributed by atoms with E-state index in [1.54, 1.807) is 19.1 Å². The molecule has 4 rings (SSSR count). The summed E-state index contributed by atoms with van der Waals surface area (Å²) in [5.74, 6) is 2.74. The molecule has 0 bridgehead atoms. The van der Waals surface area contributed by atoms with Crippen LogP contribution in [0.15, 0.2) is 30.7 Å². The minimum absolute atomic E-state index is 0.0283. The van der Waals surface area contributed by atoms with Gasteiger partial charge in [0.1, 0.15) is 11.6 Å². The van der Waals surface area contributed by atoms with Crippen molar-refractivity contribution in [2.45, 2.75) is 19.8 Å². The van der Waals surface area contributed by atoms with E-state index in [-0.39, 0.29) is 29.1 Å². The first-order chi connectivity index (χ1) is 13.9. The summed E-state index contributed by atoms with van der Waals surface area (Å²) in [6.07, 6.45) is 7.51. The number of pyridine rings is 3. The Labute approximate surface area is 165 Å². The van der Waals surface area contributed by atoms with Crippen LogP contribution >= 0.6 is 0 Å². The van der Waals surface area contributed by atoms with Crippen molar-refractivity contribution >= 4 is 28.3 Å². The van der Waals surface area contributed by atoms with Crippen LogP contribution in [-0.4, -0.2) is 20.9 Å². The van der Waals surface area contributed by atoms with Crippen LogP contribution in [0.25, 0.3) is 22.0 Å². The van der Waals surface area contributed by atoms with Gasteiger partial charge in [-0.15, -0.1) is 12.3 Å².